The van der Waals surface area contributed by atoms with E-state index in [-0.39, 0.29) is 6.03 Å². The van der Waals surface area contributed by atoms with Crippen LogP contribution in [0, 0.1) is 5.41 Å². The van der Waals surface area contributed by atoms with E-state index in [9.17, 15) is 9.59 Å². The highest BCUT2D eigenvalue weighted by Gasteiger charge is 2.33. The van der Waals surface area contributed by atoms with Gasteiger partial charge in [-0.2, -0.15) is 0 Å². The minimum atomic E-state index is -1.03. The number of carbonyl (C=O) groups excluding carboxylic acids is 1. The van der Waals surface area contributed by atoms with E-state index in [2.05, 4.69) is 5.32 Å². The highest BCUT2D eigenvalue weighted by Crippen LogP contribution is 2.19. The number of hydrogen-bond donors (Lipinski definition) is 2. The first-order valence-corrected chi connectivity index (χ1v) is 5.93. The lowest BCUT2D eigenvalue weighted by molar-refractivity contribution is -0.142. The predicted octanol–water partition coefficient (Wildman–Crippen LogP) is 1.16. The van der Waals surface area contributed by atoms with Crippen LogP contribution in [0.25, 0.3) is 0 Å². The van der Waals surface area contributed by atoms with E-state index >= 15 is 0 Å². The third kappa shape index (κ3) is 5.86. The molecule has 0 unspecified atom stereocenters. The molecule has 2 amide bonds. The summed E-state index contributed by atoms with van der Waals surface area (Å²) in [6, 6.07) is -1.29. The summed E-state index contributed by atoms with van der Waals surface area (Å²) in [5.41, 5.74) is -0.533. The van der Waals surface area contributed by atoms with Crippen molar-refractivity contribution < 1.29 is 19.4 Å². The normalized spacial score (nSPS) is 12.9. The number of hydrogen-bond acceptors (Lipinski definition) is 3. The highest BCUT2D eigenvalue weighted by molar-refractivity contribution is 5.83. The third-order valence-corrected chi connectivity index (χ3v) is 2.57. The van der Waals surface area contributed by atoms with Gasteiger partial charge in [0, 0.05) is 27.3 Å². The molecule has 0 saturated carbocycles. The van der Waals surface area contributed by atoms with Gasteiger partial charge in [0.25, 0.3) is 0 Å². The molecule has 0 spiro atoms. The molecule has 0 aliphatic carbocycles. The van der Waals surface area contributed by atoms with Gasteiger partial charge in [0.2, 0.25) is 0 Å². The smallest absolute Gasteiger partial charge is 0.326 e. The molecule has 0 aliphatic heterocycles. The second kappa shape index (κ2) is 7.20. The Balaban J connectivity index is 4.38. The molecular formula is C12H24N2O4. The highest BCUT2D eigenvalue weighted by atomic mass is 16.5. The Hall–Kier alpha value is -1.30. The van der Waals surface area contributed by atoms with Crippen molar-refractivity contribution in [3.8, 4) is 0 Å². The van der Waals surface area contributed by atoms with E-state index < -0.39 is 17.4 Å². The lowest BCUT2D eigenvalue weighted by atomic mass is 9.87. The molecule has 0 fully saturated rings. The van der Waals surface area contributed by atoms with Gasteiger partial charge in [-0.05, 0) is 11.8 Å². The molecule has 0 heterocycles. The molecule has 1 atom stereocenters. The first-order valence-electron chi connectivity index (χ1n) is 5.93. The molecule has 0 rings (SSSR count). The van der Waals surface area contributed by atoms with Gasteiger partial charge >= 0.3 is 12.0 Å². The van der Waals surface area contributed by atoms with E-state index in [1.165, 1.54) is 4.90 Å². The summed E-state index contributed by atoms with van der Waals surface area (Å²) >= 11 is 0. The van der Waals surface area contributed by atoms with E-state index in [1.54, 1.807) is 34.9 Å². The summed E-state index contributed by atoms with van der Waals surface area (Å²) in [6.07, 6.45) is 0.716. The quantitative estimate of drug-likeness (QED) is 0.702. The average molecular weight is 260 g/mol. The summed E-state index contributed by atoms with van der Waals surface area (Å²) in [5.74, 6) is -1.03. The number of rotatable bonds is 6. The maximum absolute atomic E-state index is 11.8. The van der Waals surface area contributed by atoms with Crippen LogP contribution in [0.4, 0.5) is 4.79 Å². The second-order valence-electron chi connectivity index (χ2n) is 5.35. The molecule has 18 heavy (non-hydrogen) atoms. The van der Waals surface area contributed by atoms with Gasteiger partial charge in [-0.15, -0.1) is 0 Å². The Labute approximate surface area is 108 Å². The standard InChI is InChI=1S/C12H24N2O4/c1-12(2,3)9(10(15)16)13-11(17)14(4)7-6-8-18-5/h9H,6-8H2,1-5H3,(H,13,17)(H,15,16)/t9-/m0/s1. The van der Waals surface area contributed by atoms with E-state index in [0.717, 1.165) is 0 Å². The number of amides is 2. The van der Waals surface area contributed by atoms with Crippen molar-refractivity contribution in [3.05, 3.63) is 0 Å². The number of nitrogens with one attached hydrogen (secondary N) is 1. The van der Waals surface area contributed by atoms with E-state index in [4.69, 9.17) is 9.84 Å². The Morgan fingerprint density at radius 3 is 2.33 bits per heavy atom. The lowest BCUT2D eigenvalue weighted by Crippen LogP contribution is -2.52. The van der Waals surface area contributed by atoms with Crippen LogP contribution in [0.1, 0.15) is 27.2 Å². The predicted molar refractivity (Wildman–Crippen MR) is 68.5 cm³/mol. The number of carboxylic acid groups (broad SMARTS) is 1. The Morgan fingerprint density at radius 2 is 1.94 bits per heavy atom. The summed E-state index contributed by atoms with van der Waals surface area (Å²) in [4.78, 5) is 24.4. The minimum absolute atomic E-state index is 0.381. The summed E-state index contributed by atoms with van der Waals surface area (Å²) in [5, 5.41) is 11.6. The SMILES string of the molecule is COCCCN(C)C(=O)N[C@@H](C(=O)O)C(C)(C)C. The molecule has 0 bridgehead atoms. The molecule has 2 N–H and O–H groups in total. The zero-order valence-corrected chi connectivity index (χ0v) is 11.8. The lowest BCUT2D eigenvalue weighted by Gasteiger charge is -2.29. The number of carboxylic acids is 1. The van der Waals surface area contributed by atoms with Crippen LogP contribution in [0.3, 0.4) is 0 Å². The van der Waals surface area contributed by atoms with Crippen LogP contribution in [0.15, 0.2) is 0 Å². The maximum atomic E-state index is 11.8. The maximum Gasteiger partial charge on any atom is 0.326 e. The zero-order chi connectivity index (χ0) is 14.3. The molecule has 0 aromatic heterocycles. The van der Waals surface area contributed by atoms with E-state index in [1.807, 2.05) is 0 Å². The van der Waals surface area contributed by atoms with Crippen molar-refractivity contribution in [1.29, 1.82) is 0 Å². The average Bonchev–Trinajstić information content (AvgIpc) is 2.23. The van der Waals surface area contributed by atoms with Crippen molar-refractivity contribution >= 4 is 12.0 Å². The van der Waals surface area contributed by atoms with Crippen LogP contribution in [0.2, 0.25) is 0 Å². The van der Waals surface area contributed by atoms with Gasteiger partial charge in [-0.3, -0.25) is 0 Å². The molecule has 0 radical (unpaired) electrons. The second-order valence-corrected chi connectivity index (χ2v) is 5.35. The monoisotopic (exact) mass is 260 g/mol. The fourth-order valence-corrected chi connectivity index (χ4v) is 1.43. The zero-order valence-electron chi connectivity index (χ0n) is 11.8. The van der Waals surface area contributed by atoms with Gasteiger partial charge in [-0.1, -0.05) is 20.8 Å². The van der Waals surface area contributed by atoms with Crippen LogP contribution in [-0.2, 0) is 9.53 Å². The Kier molecular flexibility index (Phi) is 6.68. The molecule has 0 aromatic carbocycles. The summed E-state index contributed by atoms with van der Waals surface area (Å²) in [6.45, 7) is 6.42. The molecule has 6 nitrogen and oxygen atoms in total. The van der Waals surface area contributed by atoms with Crippen LogP contribution in [0.5, 0.6) is 0 Å². The number of methoxy groups -OCH3 is 1. The number of ether oxygens (including phenoxy) is 1. The van der Waals surface area contributed by atoms with Crippen LogP contribution in [-0.4, -0.2) is 55.4 Å². The van der Waals surface area contributed by atoms with Gasteiger partial charge in [0.15, 0.2) is 0 Å². The molecular weight excluding hydrogens is 236 g/mol. The number of urea groups is 1. The van der Waals surface area contributed by atoms with Gasteiger partial charge in [0.1, 0.15) is 6.04 Å². The largest absolute Gasteiger partial charge is 0.480 e. The molecule has 6 heteroatoms. The summed E-state index contributed by atoms with van der Waals surface area (Å²) < 4.78 is 4.89. The Morgan fingerprint density at radius 1 is 1.39 bits per heavy atom. The first kappa shape index (κ1) is 16.7. The fourth-order valence-electron chi connectivity index (χ4n) is 1.43. The third-order valence-electron chi connectivity index (χ3n) is 2.57. The van der Waals surface area contributed by atoms with Crippen molar-refractivity contribution in [1.82, 2.24) is 10.2 Å². The summed E-state index contributed by atoms with van der Waals surface area (Å²) in [7, 11) is 3.23. The molecule has 106 valence electrons. The fraction of sp³-hybridized carbons (Fsp3) is 0.833. The van der Waals surface area contributed by atoms with E-state index in [0.29, 0.717) is 19.6 Å². The van der Waals surface area contributed by atoms with Crippen molar-refractivity contribution in [2.45, 2.75) is 33.2 Å². The van der Waals surface area contributed by atoms with Gasteiger partial charge in [0.05, 0.1) is 0 Å². The molecule has 0 saturated heterocycles. The molecule has 0 aliphatic rings. The first-order chi connectivity index (χ1) is 8.20. The number of aliphatic carboxylic acids is 1. The van der Waals surface area contributed by atoms with Crippen LogP contribution < -0.4 is 5.32 Å². The van der Waals surface area contributed by atoms with Crippen molar-refractivity contribution in [2.24, 2.45) is 5.41 Å². The van der Waals surface area contributed by atoms with Crippen LogP contribution >= 0.6 is 0 Å². The van der Waals surface area contributed by atoms with Crippen molar-refractivity contribution in [2.75, 3.05) is 27.3 Å². The number of carbonyl (C=O) groups is 2. The minimum Gasteiger partial charge on any atom is -0.480 e. The van der Waals surface area contributed by atoms with Gasteiger partial charge < -0.3 is 20.1 Å². The van der Waals surface area contributed by atoms with Gasteiger partial charge in [-0.25, -0.2) is 9.59 Å². The number of nitrogens with zero attached hydrogens (tertiary/aromatic N) is 1. The van der Waals surface area contributed by atoms with Crippen molar-refractivity contribution in [3.63, 3.8) is 0 Å². The Bertz CT molecular complexity index is 286. The topological polar surface area (TPSA) is 78.9 Å². The molecule has 0 aromatic rings.